The molecule has 0 atom stereocenters. The number of benzene rings is 2. The Morgan fingerprint density at radius 2 is 1.82 bits per heavy atom. The lowest BCUT2D eigenvalue weighted by Crippen LogP contribution is -2.36. The van der Waals surface area contributed by atoms with E-state index in [2.05, 4.69) is 10.3 Å². The quantitative estimate of drug-likeness (QED) is 0.347. The monoisotopic (exact) mass is 582 g/mol. The lowest BCUT2D eigenvalue weighted by molar-refractivity contribution is -0.122. The lowest BCUT2D eigenvalue weighted by atomic mass is 10.1. The number of carbonyl (C=O) groups excluding carboxylic acids is 1. The number of ketones is 1. The number of Topliss-reactive ketones (excluding diaryl/α,β-unsaturated/α-hetero) is 1. The fraction of sp³-hybridized carbons (Fsp3) is 0.400. The predicted octanol–water partition coefficient (Wildman–Crippen LogP) is 3.26. The minimum absolute atomic E-state index is 0.0578. The van der Waals surface area contributed by atoms with E-state index in [-0.39, 0.29) is 53.1 Å². The Bertz CT molecular complexity index is 1300. The Morgan fingerprint density at radius 3 is 2.45 bits per heavy atom. The highest BCUT2D eigenvalue weighted by atomic mass is 35.5. The molecule has 38 heavy (non-hydrogen) atoms. The fourth-order valence-corrected chi connectivity index (χ4v) is 6.86. The van der Waals surface area contributed by atoms with Crippen molar-refractivity contribution in [2.75, 3.05) is 39.4 Å². The molecule has 10 nitrogen and oxygen atoms in total. The maximum Gasteiger partial charge on any atom is 0.413 e. The molecule has 13 heteroatoms. The lowest BCUT2D eigenvalue weighted by Gasteiger charge is -2.23. The normalized spacial score (nSPS) is 15.7. The van der Waals surface area contributed by atoms with Crippen LogP contribution in [-0.2, 0) is 26.1 Å². The molecule has 0 bridgehead atoms. The van der Waals surface area contributed by atoms with Crippen molar-refractivity contribution in [3.05, 3.63) is 63.6 Å². The second-order valence-electron chi connectivity index (χ2n) is 8.93. The van der Waals surface area contributed by atoms with Gasteiger partial charge in [0.2, 0.25) is 10.0 Å². The van der Waals surface area contributed by atoms with Gasteiger partial charge in [-0.1, -0.05) is 53.5 Å². The van der Waals surface area contributed by atoms with Crippen LogP contribution in [0.5, 0.6) is 0 Å². The fourth-order valence-electron chi connectivity index (χ4n) is 4.10. The van der Waals surface area contributed by atoms with Crippen LogP contribution in [0.4, 0.5) is 4.79 Å². The summed E-state index contributed by atoms with van der Waals surface area (Å²) in [4.78, 5) is 28.9. The average Bonchev–Trinajstić information content (AvgIpc) is 3.57. The summed E-state index contributed by atoms with van der Waals surface area (Å²) < 4.78 is 33.2. The van der Waals surface area contributed by atoms with Crippen LogP contribution >= 0.6 is 23.2 Å². The van der Waals surface area contributed by atoms with Crippen LogP contribution in [0.25, 0.3) is 0 Å². The molecule has 1 fully saturated rings. The van der Waals surface area contributed by atoms with Crippen LogP contribution in [0.2, 0.25) is 10.0 Å². The number of hydrogen-bond acceptors (Lipinski definition) is 7. The van der Waals surface area contributed by atoms with Crippen molar-refractivity contribution in [3.8, 4) is 0 Å². The molecule has 0 aromatic heterocycles. The minimum atomic E-state index is -3.91. The zero-order chi connectivity index (χ0) is 27.3. The molecular formula is C25H28Cl2N4O6S. The van der Waals surface area contributed by atoms with Gasteiger partial charge < -0.3 is 15.2 Å². The summed E-state index contributed by atoms with van der Waals surface area (Å²) in [5, 5.41) is 12.4. The van der Waals surface area contributed by atoms with Gasteiger partial charge in [0.15, 0.2) is 5.78 Å². The molecular weight excluding hydrogens is 555 g/mol. The third-order valence-electron chi connectivity index (χ3n) is 6.09. The standard InChI is InChI=1S/C25H28Cl2N4O6S/c26-21-2-1-3-22(27)23(21)38(35,36)31(19-8-9-19)12-13-37-16-20(32)15-28-14-17-4-6-18(7-5-17)24-29-10-11-30(24)25(33)34/h1-7,19,28H,8-16H2,(H,33,34). The first-order valence-electron chi connectivity index (χ1n) is 12.1. The van der Waals surface area contributed by atoms with Crippen molar-refractivity contribution in [1.82, 2.24) is 14.5 Å². The van der Waals surface area contributed by atoms with Gasteiger partial charge in [0.1, 0.15) is 17.3 Å². The maximum absolute atomic E-state index is 13.2. The van der Waals surface area contributed by atoms with Crippen molar-refractivity contribution in [3.63, 3.8) is 0 Å². The van der Waals surface area contributed by atoms with E-state index < -0.39 is 16.1 Å². The summed E-state index contributed by atoms with van der Waals surface area (Å²) in [6.45, 7) is 1.31. The molecule has 1 amide bonds. The second kappa shape index (κ2) is 12.5. The van der Waals surface area contributed by atoms with Crippen LogP contribution in [0.1, 0.15) is 24.0 Å². The molecule has 0 saturated heterocycles. The van der Waals surface area contributed by atoms with Gasteiger partial charge in [-0.15, -0.1) is 0 Å². The highest BCUT2D eigenvalue weighted by Gasteiger charge is 2.39. The summed E-state index contributed by atoms with van der Waals surface area (Å²) >= 11 is 12.3. The number of sulfonamides is 1. The molecule has 0 spiro atoms. The number of amides is 1. The zero-order valence-corrected chi connectivity index (χ0v) is 22.8. The molecule has 2 N–H and O–H groups in total. The number of carboxylic acid groups (broad SMARTS) is 1. The van der Waals surface area contributed by atoms with E-state index >= 15 is 0 Å². The first-order valence-corrected chi connectivity index (χ1v) is 14.3. The average molecular weight is 583 g/mol. The third kappa shape index (κ3) is 6.90. The van der Waals surface area contributed by atoms with E-state index in [1.165, 1.54) is 21.3 Å². The van der Waals surface area contributed by atoms with E-state index in [1.54, 1.807) is 18.2 Å². The first-order chi connectivity index (χ1) is 18.2. The summed E-state index contributed by atoms with van der Waals surface area (Å²) in [6.07, 6.45) is 0.466. The summed E-state index contributed by atoms with van der Waals surface area (Å²) in [6, 6.07) is 11.7. The number of carbonyl (C=O) groups is 2. The van der Waals surface area contributed by atoms with Crippen LogP contribution < -0.4 is 5.32 Å². The van der Waals surface area contributed by atoms with Gasteiger partial charge >= 0.3 is 6.09 Å². The Hall–Kier alpha value is -2.54. The molecule has 0 radical (unpaired) electrons. The van der Waals surface area contributed by atoms with Crippen LogP contribution in [0.15, 0.2) is 52.4 Å². The number of halogens is 2. The topological polar surface area (TPSA) is 129 Å². The molecule has 1 heterocycles. The van der Waals surface area contributed by atoms with Crippen molar-refractivity contribution in [2.24, 2.45) is 4.99 Å². The van der Waals surface area contributed by atoms with Gasteiger partial charge in [-0.05, 0) is 30.5 Å². The van der Waals surface area contributed by atoms with Crippen molar-refractivity contribution < 1.29 is 27.9 Å². The number of aliphatic imine (C=N–C) groups is 1. The zero-order valence-electron chi connectivity index (χ0n) is 20.5. The summed E-state index contributed by atoms with van der Waals surface area (Å²) in [5.41, 5.74) is 1.64. The molecule has 0 unspecified atom stereocenters. The molecule has 2 aliphatic rings. The molecule has 1 aliphatic carbocycles. The first kappa shape index (κ1) is 28.5. The van der Waals surface area contributed by atoms with Crippen LogP contribution in [-0.4, -0.2) is 85.9 Å². The minimum Gasteiger partial charge on any atom is -0.465 e. The van der Waals surface area contributed by atoms with E-state index in [4.69, 9.17) is 27.9 Å². The summed E-state index contributed by atoms with van der Waals surface area (Å²) in [7, 11) is -3.91. The Labute approximate surface area is 231 Å². The van der Waals surface area contributed by atoms with E-state index in [9.17, 15) is 23.1 Å². The number of amidine groups is 1. The number of rotatable bonds is 13. The van der Waals surface area contributed by atoms with Crippen molar-refractivity contribution in [1.29, 1.82) is 0 Å². The van der Waals surface area contributed by atoms with E-state index in [0.29, 0.717) is 25.5 Å². The predicted molar refractivity (Wildman–Crippen MR) is 143 cm³/mol. The van der Waals surface area contributed by atoms with Gasteiger partial charge in [0.05, 0.1) is 36.3 Å². The Kier molecular flexibility index (Phi) is 9.40. The molecule has 2 aromatic carbocycles. The molecule has 2 aromatic rings. The van der Waals surface area contributed by atoms with Crippen LogP contribution in [0, 0.1) is 0 Å². The van der Waals surface area contributed by atoms with Gasteiger partial charge in [-0.25, -0.2) is 13.2 Å². The molecule has 204 valence electrons. The van der Waals surface area contributed by atoms with Gasteiger partial charge in [0.25, 0.3) is 0 Å². The van der Waals surface area contributed by atoms with Gasteiger partial charge in [-0.2, -0.15) is 4.31 Å². The van der Waals surface area contributed by atoms with Crippen LogP contribution in [0.3, 0.4) is 0 Å². The number of nitrogens with one attached hydrogen (secondary N) is 1. The third-order valence-corrected chi connectivity index (χ3v) is 9.00. The Morgan fingerprint density at radius 1 is 1.13 bits per heavy atom. The molecule has 1 saturated carbocycles. The van der Waals surface area contributed by atoms with Gasteiger partial charge in [-0.3, -0.25) is 14.7 Å². The smallest absolute Gasteiger partial charge is 0.413 e. The molecule has 1 aliphatic heterocycles. The number of hydrogen-bond donors (Lipinski definition) is 2. The second-order valence-corrected chi connectivity index (χ2v) is 11.6. The molecule has 4 rings (SSSR count). The summed E-state index contributed by atoms with van der Waals surface area (Å²) in [5.74, 6) is 0.265. The maximum atomic E-state index is 13.2. The number of ether oxygens (including phenoxy) is 1. The number of nitrogens with zero attached hydrogens (tertiary/aromatic N) is 3. The Balaban J connectivity index is 1.20. The van der Waals surface area contributed by atoms with Crippen molar-refractivity contribution >= 4 is 50.9 Å². The largest absolute Gasteiger partial charge is 0.465 e. The van der Waals surface area contributed by atoms with E-state index in [1.807, 2.05) is 12.1 Å². The van der Waals surface area contributed by atoms with E-state index in [0.717, 1.165) is 24.0 Å². The highest BCUT2D eigenvalue weighted by Crippen LogP contribution is 2.37. The van der Waals surface area contributed by atoms with Crippen molar-refractivity contribution in [2.45, 2.75) is 30.3 Å². The SMILES string of the molecule is O=C(CNCc1ccc(C2=NCCN2C(=O)O)cc1)COCCN(C1CC1)S(=O)(=O)c1c(Cl)cccc1Cl. The highest BCUT2D eigenvalue weighted by molar-refractivity contribution is 7.89. The van der Waals surface area contributed by atoms with Gasteiger partial charge in [0, 0.05) is 24.7 Å².